The lowest BCUT2D eigenvalue weighted by Crippen LogP contribution is -2.08. The molecule has 0 aromatic heterocycles. The van der Waals surface area contributed by atoms with Crippen LogP contribution in [-0.4, -0.2) is 11.1 Å². The number of benzene rings is 2. The summed E-state index contributed by atoms with van der Waals surface area (Å²) in [5.74, 6) is -1.25. The predicted octanol–water partition coefficient (Wildman–Crippen LogP) is 3.34. The van der Waals surface area contributed by atoms with Gasteiger partial charge in [-0.1, -0.05) is 36.4 Å². The molecule has 16 heavy (non-hydrogen) atoms. The molecule has 0 saturated carbocycles. The average molecular weight is 214 g/mol. The first-order valence-corrected chi connectivity index (χ1v) is 5.32. The maximum atomic E-state index is 11.0. The van der Waals surface area contributed by atoms with Crippen molar-refractivity contribution in [1.82, 2.24) is 0 Å². The van der Waals surface area contributed by atoms with Crippen LogP contribution in [0, 0.1) is 6.92 Å². The van der Waals surface area contributed by atoms with Gasteiger partial charge in [0.05, 0.1) is 5.92 Å². The minimum Gasteiger partial charge on any atom is -0.481 e. The minimum absolute atomic E-state index is 0.467. The van der Waals surface area contributed by atoms with Gasteiger partial charge in [-0.25, -0.2) is 0 Å². The summed E-state index contributed by atoms with van der Waals surface area (Å²) in [6, 6.07) is 11.8. The molecule has 0 radical (unpaired) electrons. The predicted molar refractivity (Wildman–Crippen MR) is 64.7 cm³/mol. The van der Waals surface area contributed by atoms with Crippen LogP contribution in [-0.2, 0) is 4.79 Å². The van der Waals surface area contributed by atoms with Crippen molar-refractivity contribution >= 4 is 16.7 Å². The first kappa shape index (κ1) is 10.7. The molecule has 2 rings (SSSR count). The molecule has 0 fully saturated rings. The van der Waals surface area contributed by atoms with Crippen LogP contribution < -0.4 is 0 Å². The fourth-order valence-electron chi connectivity index (χ4n) is 1.98. The zero-order valence-corrected chi connectivity index (χ0v) is 9.40. The second-order valence-electron chi connectivity index (χ2n) is 4.08. The molecule has 1 atom stereocenters. The molecular formula is C14H14O2. The number of aliphatic carboxylic acids is 1. The smallest absolute Gasteiger partial charge is 0.310 e. The van der Waals surface area contributed by atoms with Crippen molar-refractivity contribution in [3.05, 3.63) is 47.5 Å². The molecule has 0 aliphatic rings. The molecule has 2 aromatic carbocycles. The Kier molecular flexibility index (Phi) is 2.65. The summed E-state index contributed by atoms with van der Waals surface area (Å²) in [6.07, 6.45) is 0. The van der Waals surface area contributed by atoms with Crippen molar-refractivity contribution in [1.29, 1.82) is 0 Å². The van der Waals surface area contributed by atoms with E-state index in [4.69, 9.17) is 5.11 Å². The SMILES string of the molecule is Cc1ccc(C(C)C(=O)O)c2ccccc12. The van der Waals surface area contributed by atoms with E-state index in [1.165, 1.54) is 5.56 Å². The molecule has 0 bridgehead atoms. The highest BCUT2D eigenvalue weighted by molar-refractivity contribution is 5.92. The number of carbonyl (C=O) groups is 1. The van der Waals surface area contributed by atoms with Crippen LogP contribution in [0.5, 0.6) is 0 Å². The van der Waals surface area contributed by atoms with Crippen molar-refractivity contribution in [3.63, 3.8) is 0 Å². The summed E-state index contributed by atoms with van der Waals surface area (Å²) in [5.41, 5.74) is 2.06. The van der Waals surface area contributed by atoms with E-state index in [0.29, 0.717) is 0 Å². The molecule has 1 N–H and O–H groups in total. The van der Waals surface area contributed by atoms with Crippen LogP contribution in [0.15, 0.2) is 36.4 Å². The molecule has 0 heterocycles. The van der Waals surface area contributed by atoms with E-state index >= 15 is 0 Å². The van der Waals surface area contributed by atoms with E-state index in [0.717, 1.165) is 16.3 Å². The molecule has 0 spiro atoms. The highest BCUT2D eigenvalue weighted by atomic mass is 16.4. The number of hydrogen-bond donors (Lipinski definition) is 1. The molecule has 2 heteroatoms. The Morgan fingerprint density at radius 2 is 1.75 bits per heavy atom. The first-order valence-electron chi connectivity index (χ1n) is 5.32. The van der Waals surface area contributed by atoms with E-state index < -0.39 is 11.9 Å². The van der Waals surface area contributed by atoms with E-state index in [1.807, 2.05) is 43.3 Å². The fourth-order valence-corrected chi connectivity index (χ4v) is 1.98. The molecular weight excluding hydrogens is 200 g/mol. The minimum atomic E-state index is -0.783. The summed E-state index contributed by atoms with van der Waals surface area (Å²) in [4.78, 5) is 11.0. The van der Waals surface area contributed by atoms with Gasteiger partial charge in [0, 0.05) is 0 Å². The van der Waals surface area contributed by atoms with Gasteiger partial charge < -0.3 is 5.11 Å². The topological polar surface area (TPSA) is 37.3 Å². The van der Waals surface area contributed by atoms with Crippen molar-refractivity contribution < 1.29 is 9.90 Å². The molecule has 82 valence electrons. The third-order valence-electron chi connectivity index (χ3n) is 3.01. The Labute approximate surface area is 94.5 Å². The molecule has 2 nitrogen and oxygen atoms in total. The quantitative estimate of drug-likeness (QED) is 0.832. The number of carboxylic acids is 1. The number of fused-ring (bicyclic) bond motifs is 1. The van der Waals surface area contributed by atoms with Crippen LogP contribution in [0.4, 0.5) is 0 Å². The maximum Gasteiger partial charge on any atom is 0.310 e. The van der Waals surface area contributed by atoms with E-state index in [9.17, 15) is 4.79 Å². The zero-order valence-electron chi connectivity index (χ0n) is 9.40. The Hall–Kier alpha value is -1.83. The lowest BCUT2D eigenvalue weighted by molar-refractivity contribution is -0.138. The Morgan fingerprint density at radius 1 is 1.12 bits per heavy atom. The Bertz CT molecular complexity index is 543. The molecule has 1 unspecified atom stereocenters. The van der Waals surface area contributed by atoms with Gasteiger partial charge in [0.25, 0.3) is 0 Å². The van der Waals surface area contributed by atoms with Crippen molar-refractivity contribution in [2.75, 3.05) is 0 Å². The number of hydrogen-bond acceptors (Lipinski definition) is 1. The molecule has 2 aromatic rings. The van der Waals surface area contributed by atoms with E-state index in [2.05, 4.69) is 0 Å². The number of rotatable bonds is 2. The van der Waals surface area contributed by atoms with Gasteiger partial charge in [0.2, 0.25) is 0 Å². The van der Waals surface area contributed by atoms with Gasteiger partial charge in [-0.3, -0.25) is 4.79 Å². The Balaban J connectivity index is 2.72. The second-order valence-corrected chi connectivity index (χ2v) is 4.08. The van der Waals surface area contributed by atoms with Crippen LogP contribution in [0.2, 0.25) is 0 Å². The summed E-state index contributed by atoms with van der Waals surface area (Å²) in [6.45, 7) is 3.76. The zero-order chi connectivity index (χ0) is 11.7. The van der Waals surface area contributed by atoms with Crippen molar-refractivity contribution in [3.8, 4) is 0 Å². The van der Waals surface area contributed by atoms with Gasteiger partial charge in [-0.2, -0.15) is 0 Å². The molecule has 0 amide bonds. The van der Waals surface area contributed by atoms with Crippen LogP contribution in [0.25, 0.3) is 10.8 Å². The molecule has 0 saturated heterocycles. The van der Waals surface area contributed by atoms with Crippen molar-refractivity contribution in [2.24, 2.45) is 0 Å². The van der Waals surface area contributed by atoms with Gasteiger partial charge in [0.1, 0.15) is 0 Å². The summed E-state index contributed by atoms with van der Waals surface area (Å²) < 4.78 is 0. The van der Waals surface area contributed by atoms with Gasteiger partial charge in [0.15, 0.2) is 0 Å². The lowest BCUT2D eigenvalue weighted by atomic mass is 9.93. The normalized spacial score (nSPS) is 12.6. The third-order valence-corrected chi connectivity index (χ3v) is 3.01. The van der Waals surface area contributed by atoms with Crippen LogP contribution >= 0.6 is 0 Å². The third kappa shape index (κ3) is 1.67. The van der Waals surface area contributed by atoms with E-state index in [1.54, 1.807) is 6.92 Å². The van der Waals surface area contributed by atoms with Crippen LogP contribution in [0.1, 0.15) is 24.0 Å². The Morgan fingerprint density at radius 3 is 2.38 bits per heavy atom. The van der Waals surface area contributed by atoms with Gasteiger partial charge >= 0.3 is 5.97 Å². The van der Waals surface area contributed by atoms with Crippen molar-refractivity contribution in [2.45, 2.75) is 19.8 Å². The summed E-state index contributed by atoms with van der Waals surface area (Å²) >= 11 is 0. The van der Waals surface area contributed by atoms with Gasteiger partial charge in [-0.05, 0) is 35.7 Å². The highest BCUT2D eigenvalue weighted by Gasteiger charge is 2.16. The number of aryl methyl sites for hydroxylation is 1. The van der Waals surface area contributed by atoms with E-state index in [-0.39, 0.29) is 0 Å². The number of carboxylic acid groups (broad SMARTS) is 1. The first-order chi connectivity index (χ1) is 7.61. The molecule has 0 aliphatic carbocycles. The standard InChI is InChI=1S/C14H14O2/c1-9-7-8-12(10(2)14(15)16)13-6-4-3-5-11(9)13/h3-8,10H,1-2H3,(H,15,16). The summed E-state index contributed by atoms with van der Waals surface area (Å²) in [5, 5.41) is 11.2. The molecule has 0 aliphatic heterocycles. The lowest BCUT2D eigenvalue weighted by Gasteiger charge is -2.12. The summed E-state index contributed by atoms with van der Waals surface area (Å²) in [7, 11) is 0. The highest BCUT2D eigenvalue weighted by Crippen LogP contribution is 2.27. The largest absolute Gasteiger partial charge is 0.481 e. The van der Waals surface area contributed by atoms with Gasteiger partial charge in [-0.15, -0.1) is 0 Å². The monoisotopic (exact) mass is 214 g/mol. The second kappa shape index (κ2) is 3.97. The average Bonchev–Trinajstić information content (AvgIpc) is 2.29. The van der Waals surface area contributed by atoms with Crippen LogP contribution in [0.3, 0.4) is 0 Å². The maximum absolute atomic E-state index is 11.0. The fraction of sp³-hybridized carbons (Fsp3) is 0.214.